The molecule has 10 heavy (non-hydrogen) atoms. The summed E-state index contributed by atoms with van der Waals surface area (Å²) < 4.78 is 13.6. The Labute approximate surface area is 66.6 Å². The molecule has 2 heteroatoms. The normalized spacial score (nSPS) is 24.6. The van der Waals surface area contributed by atoms with Crippen LogP contribution in [0.15, 0.2) is 0 Å². The average molecular weight is 162 g/mol. The topological polar surface area (TPSA) is 0 Å². The van der Waals surface area contributed by atoms with Crippen LogP contribution < -0.4 is 0 Å². The van der Waals surface area contributed by atoms with Crippen molar-refractivity contribution in [1.29, 1.82) is 0 Å². The maximum Gasteiger partial charge on any atom is 0.120 e. The van der Waals surface area contributed by atoms with Gasteiger partial charge in [0.15, 0.2) is 0 Å². The highest BCUT2D eigenvalue weighted by Gasteiger charge is 2.30. The van der Waals surface area contributed by atoms with E-state index >= 15 is 0 Å². The molecule has 1 rings (SSSR count). The zero-order chi connectivity index (χ0) is 7.45. The van der Waals surface area contributed by atoms with Crippen LogP contribution in [0.3, 0.4) is 0 Å². The summed E-state index contributed by atoms with van der Waals surface area (Å²) >= 11 is 1.63. The van der Waals surface area contributed by atoms with Gasteiger partial charge in [-0.15, -0.1) is 0 Å². The third-order valence-corrected chi connectivity index (χ3v) is 2.96. The third-order valence-electron chi connectivity index (χ3n) is 2.15. The van der Waals surface area contributed by atoms with Crippen molar-refractivity contribution in [2.75, 3.05) is 12.0 Å². The molecule has 60 valence electrons. The summed E-state index contributed by atoms with van der Waals surface area (Å²) in [5.74, 6) is 0.701. The van der Waals surface area contributed by atoms with Crippen molar-refractivity contribution in [2.24, 2.45) is 0 Å². The largest absolute Gasteiger partial charge is 0.243 e. The predicted octanol–water partition coefficient (Wildman–Crippen LogP) is 3.02. The molecule has 0 amide bonds. The summed E-state index contributed by atoms with van der Waals surface area (Å²) in [6, 6.07) is 0. The predicted molar refractivity (Wildman–Crippen MR) is 45.3 cm³/mol. The van der Waals surface area contributed by atoms with E-state index in [-0.39, 0.29) is 0 Å². The van der Waals surface area contributed by atoms with E-state index in [4.69, 9.17) is 0 Å². The minimum atomic E-state index is -0.808. The van der Waals surface area contributed by atoms with Gasteiger partial charge in [-0.1, -0.05) is 19.3 Å². The number of alkyl halides is 1. The average Bonchev–Trinajstić information content (AvgIpc) is 1.89. The minimum absolute atomic E-state index is 0.701. The minimum Gasteiger partial charge on any atom is -0.243 e. The quantitative estimate of drug-likeness (QED) is 0.601. The number of hydrogen-bond donors (Lipinski definition) is 0. The third kappa shape index (κ3) is 2.15. The second kappa shape index (κ2) is 3.61. The lowest BCUT2D eigenvalue weighted by atomic mass is 9.88. The Morgan fingerprint density at radius 2 is 1.90 bits per heavy atom. The molecule has 0 bridgehead atoms. The molecule has 0 saturated heterocycles. The highest BCUT2D eigenvalue weighted by molar-refractivity contribution is 7.98. The fourth-order valence-corrected chi connectivity index (χ4v) is 2.39. The first-order valence-electron chi connectivity index (χ1n) is 3.95. The molecule has 0 radical (unpaired) electrons. The van der Waals surface area contributed by atoms with Crippen LogP contribution in [0.5, 0.6) is 0 Å². The molecule has 0 nitrogen and oxygen atoms in total. The van der Waals surface area contributed by atoms with Crippen molar-refractivity contribution in [3.8, 4) is 0 Å². The molecule has 0 aromatic heterocycles. The van der Waals surface area contributed by atoms with Crippen LogP contribution in [0.1, 0.15) is 32.1 Å². The summed E-state index contributed by atoms with van der Waals surface area (Å²) in [5.41, 5.74) is -0.808. The van der Waals surface area contributed by atoms with Gasteiger partial charge >= 0.3 is 0 Å². The molecule has 0 heterocycles. The first-order valence-corrected chi connectivity index (χ1v) is 5.34. The summed E-state index contributed by atoms with van der Waals surface area (Å²) in [6.07, 6.45) is 7.01. The maximum absolute atomic E-state index is 13.6. The number of hydrogen-bond acceptors (Lipinski definition) is 1. The SMILES string of the molecule is CSCC1(F)CCCCC1. The van der Waals surface area contributed by atoms with Crippen LogP contribution in [0.4, 0.5) is 4.39 Å². The van der Waals surface area contributed by atoms with Crippen LogP contribution in [-0.4, -0.2) is 17.7 Å². The molecule has 0 aromatic carbocycles. The van der Waals surface area contributed by atoms with E-state index in [9.17, 15) is 4.39 Å². The zero-order valence-corrected chi connectivity index (χ0v) is 7.35. The maximum atomic E-state index is 13.6. The number of halogens is 1. The second-order valence-corrected chi connectivity index (χ2v) is 4.01. The van der Waals surface area contributed by atoms with Crippen LogP contribution in [0, 0.1) is 0 Å². The molecule has 1 aliphatic rings. The Hall–Kier alpha value is 0.280. The Bertz CT molecular complexity index is 91.9. The van der Waals surface area contributed by atoms with Crippen molar-refractivity contribution in [2.45, 2.75) is 37.8 Å². The van der Waals surface area contributed by atoms with E-state index in [0.717, 1.165) is 25.7 Å². The molecule has 0 N–H and O–H groups in total. The van der Waals surface area contributed by atoms with Gasteiger partial charge in [-0.05, 0) is 19.1 Å². The molecule has 1 aliphatic carbocycles. The van der Waals surface area contributed by atoms with E-state index < -0.39 is 5.67 Å². The first-order chi connectivity index (χ1) is 4.77. The summed E-state index contributed by atoms with van der Waals surface area (Å²) in [4.78, 5) is 0. The number of rotatable bonds is 2. The van der Waals surface area contributed by atoms with Gasteiger partial charge in [-0.3, -0.25) is 0 Å². The monoisotopic (exact) mass is 162 g/mol. The Morgan fingerprint density at radius 1 is 1.30 bits per heavy atom. The molecular formula is C8H15FS. The van der Waals surface area contributed by atoms with Crippen LogP contribution in [-0.2, 0) is 0 Å². The molecule has 0 aliphatic heterocycles. The van der Waals surface area contributed by atoms with E-state index in [0.29, 0.717) is 5.75 Å². The molecular weight excluding hydrogens is 147 g/mol. The molecule has 0 atom stereocenters. The standard InChI is InChI=1S/C8H15FS/c1-10-7-8(9)5-3-2-4-6-8/h2-7H2,1H3. The highest BCUT2D eigenvalue weighted by atomic mass is 32.2. The fourth-order valence-electron chi connectivity index (χ4n) is 1.59. The zero-order valence-electron chi connectivity index (χ0n) is 6.53. The van der Waals surface area contributed by atoms with Crippen molar-refractivity contribution >= 4 is 11.8 Å². The van der Waals surface area contributed by atoms with Crippen LogP contribution in [0.25, 0.3) is 0 Å². The van der Waals surface area contributed by atoms with Gasteiger partial charge in [0.2, 0.25) is 0 Å². The van der Waals surface area contributed by atoms with Crippen LogP contribution >= 0.6 is 11.8 Å². The Morgan fingerprint density at radius 3 is 2.40 bits per heavy atom. The molecule has 1 fully saturated rings. The van der Waals surface area contributed by atoms with Crippen molar-refractivity contribution in [3.05, 3.63) is 0 Å². The van der Waals surface area contributed by atoms with Gasteiger partial charge in [0.25, 0.3) is 0 Å². The summed E-state index contributed by atoms with van der Waals surface area (Å²) in [5, 5.41) is 0. The number of thioether (sulfide) groups is 1. The van der Waals surface area contributed by atoms with Gasteiger partial charge in [-0.2, -0.15) is 11.8 Å². The van der Waals surface area contributed by atoms with Gasteiger partial charge < -0.3 is 0 Å². The summed E-state index contributed by atoms with van der Waals surface area (Å²) in [6.45, 7) is 0. The van der Waals surface area contributed by atoms with E-state index in [2.05, 4.69) is 0 Å². The van der Waals surface area contributed by atoms with E-state index in [1.807, 2.05) is 6.26 Å². The lowest BCUT2D eigenvalue weighted by Crippen LogP contribution is -2.28. The van der Waals surface area contributed by atoms with Gasteiger partial charge in [0.05, 0.1) is 0 Å². The van der Waals surface area contributed by atoms with Crippen molar-refractivity contribution < 1.29 is 4.39 Å². The van der Waals surface area contributed by atoms with Crippen molar-refractivity contribution in [3.63, 3.8) is 0 Å². The molecule has 0 aromatic rings. The van der Waals surface area contributed by atoms with Gasteiger partial charge in [0, 0.05) is 5.75 Å². The smallest absolute Gasteiger partial charge is 0.120 e. The van der Waals surface area contributed by atoms with E-state index in [1.54, 1.807) is 11.8 Å². The Balaban J connectivity index is 2.32. The lowest BCUT2D eigenvalue weighted by Gasteiger charge is -2.28. The van der Waals surface area contributed by atoms with Gasteiger partial charge in [-0.25, -0.2) is 4.39 Å². The Kier molecular flexibility index (Phi) is 3.02. The summed E-state index contributed by atoms with van der Waals surface area (Å²) in [7, 11) is 0. The molecule has 1 saturated carbocycles. The fraction of sp³-hybridized carbons (Fsp3) is 1.00. The van der Waals surface area contributed by atoms with E-state index in [1.165, 1.54) is 6.42 Å². The second-order valence-electron chi connectivity index (χ2n) is 3.14. The van der Waals surface area contributed by atoms with Crippen LogP contribution in [0.2, 0.25) is 0 Å². The van der Waals surface area contributed by atoms with Crippen molar-refractivity contribution in [1.82, 2.24) is 0 Å². The first kappa shape index (κ1) is 8.38. The molecule has 0 spiro atoms. The highest BCUT2D eigenvalue weighted by Crippen LogP contribution is 2.33. The van der Waals surface area contributed by atoms with Gasteiger partial charge in [0.1, 0.15) is 5.67 Å². The lowest BCUT2D eigenvalue weighted by molar-refractivity contribution is 0.135. The molecule has 0 unspecified atom stereocenters.